The predicted octanol–water partition coefficient (Wildman–Crippen LogP) is 4.81. The summed E-state index contributed by atoms with van der Waals surface area (Å²) in [6.07, 6.45) is 2.49. The third-order valence-corrected chi connectivity index (χ3v) is 23.6. The van der Waals surface area contributed by atoms with Crippen LogP contribution in [0.5, 0.6) is 0 Å². The average molecular weight is 699 g/mol. The first-order valence-electron chi connectivity index (χ1n) is 15.6. The van der Waals surface area contributed by atoms with Crippen molar-refractivity contribution in [2.24, 2.45) is 0 Å². The van der Waals surface area contributed by atoms with Gasteiger partial charge in [-0.1, -0.05) is 0 Å². The van der Waals surface area contributed by atoms with E-state index in [4.69, 9.17) is 23.7 Å². The standard InChI is InChI=1S/C20H25O9.3C4H9.Sn/c1-12(22)26-17-16(11-21)29-20(25-10-9-15-7-5-4-6-8-15)19(28-14(3)24)18(17)27-13(2)23;3*1-3-4-2;/h5-8,16-21H,9-11H2,1-3H3;3*1,3-4H2,2H3;/t16-,17-,18+,19-,20-;;;;/m1..../s1. The van der Waals surface area contributed by atoms with Gasteiger partial charge in [-0.05, 0) is 0 Å². The van der Waals surface area contributed by atoms with Crippen molar-refractivity contribution < 1.29 is 43.2 Å². The molecule has 1 aliphatic rings. The molecule has 0 aromatic heterocycles. The number of ether oxygens (including phenoxy) is 5. The number of hydrogen-bond acceptors (Lipinski definition) is 9. The van der Waals surface area contributed by atoms with Crippen molar-refractivity contribution in [3.8, 4) is 0 Å². The van der Waals surface area contributed by atoms with E-state index in [2.05, 4.69) is 45.0 Å². The number of aliphatic hydroxyl groups is 1. The molecule has 0 radical (unpaired) electrons. The van der Waals surface area contributed by atoms with Gasteiger partial charge in [0.2, 0.25) is 0 Å². The summed E-state index contributed by atoms with van der Waals surface area (Å²) in [4.78, 5) is 35.6. The van der Waals surface area contributed by atoms with E-state index >= 15 is 0 Å². The molecule has 0 spiro atoms. The Kier molecular flexibility index (Phi) is 16.4. The van der Waals surface area contributed by atoms with Crippen LogP contribution in [0.4, 0.5) is 0 Å². The van der Waals surface area contributed by atoms with E-state index in [1.54, 1.807) is 3.58 Å². The van der Waals surface area contributed by atoms with Crippen LogP contribution in [0.15, 0.2) is 24.3 Å². The molecule has 2 rings (SSSR count). The average Bonchev–Trinajstić information content (AvgIpc) is 2.95. The van der Waals surface area contributed by atoms with Crippen LogP contribution in [0.25, 0.3) is 0 Å². The molecule has 0 amide bonds. The Morgan fingerprint density at radius 2 is 1.24 bits per heavy atom. The minimum atomic E-state index is -2.51. The van der Waals surface area contributed by atoms with Crippen molar-refractivity contribution in [2.75, 3.05) is 13.2 Å². The third-order valence-electron chi connectivity index (χ3n) is 7.94. The van der Waals surface area contributed by atoms with Crippen molar-refractivity contribution in [3.63, 3.8) is 0 Å². The maximum absolute atomic E-state index is 11.9. The Balaban J connectivity index is 2.20. The molecule has 0 aliphatic carbocycles. The van der Waals surface area contributed by atoms with E-state index in [1.165, 1.54) is 72.6 Å². The van der Waals surface area contributed by atoms with Crippen LogP contribution in [-0.2, 0) is 44.5 Å². The van der Waals surface area contributed by atoms with E-state index in [-0.39, 0.29) is 6.61 Å². The molecule has 1 aliphatic heterocycles. The molecule has 5 atom stereocenters. The Labute approximate surface area is 255 Å². The zero-order valence-corrected chi connectivity index (χ0v) is 29.2. The number of unbranched alkanes of at least 4 members (excludes halogenated alkanes) is 3. The normalized spacial score (nSPS) is 22.4. The van der Waals surface area contributed by atoms with Crippen LogP contribution in [-0.4, -0.2) is 85.3 Å². The van der Waals surface area contributed by atoms with Crippen molar-refractivity contribution in [2.45, 2.75) is 131 Å². The SMILES string of the molecule is CCC[CH2][Sn]([CH2]CCC)([CH2]CCC)[c]1ccc(CCO[C@@H]2O[C@H](CO)[C@@H](OC(C)=O)[C@H](OC(C)=O)[C@H]2OC(C)=O)cc1. The van der Waals surface area contributed by atoms with Crippen LogP contribution in [0.3, 0.4) is 0 Å². The molecule has 0 unspecified atom stereocenters. The van der Waals surface area contributed by atoms with Crippen LogP contribution in [0, 0.1) is 0 Å². The van der Waals surface area contributed by atoms with E-state index in [1.807, 2.05) is 0 Å². The number of aliphatic hydroxyl groups excluding tert-OH is 1. The first-order chi connectivity index (χ1) is 20.1. The number of esters is 3. The van der Waals surface area contributed by atoms with E-state index in [0.29, 0.717) is 6.42 Å². The van der Waals surface area contributed by atoms with Crippen molar-refractivity contribution in [1.82, 2.24) is 0 Å². The first-order valence-corrected chi connectivity index (χ1v) is 23.1. The van der Waals surface area contributed by atoms with E-state index < -0.39 is 73.6 Å². The summed E-state index contributed by atoms with van der Waals surface area (Å²) in [5.41, 5.74) is 1.12. The van der Waals surface area contributed by atoms with Crippen LogP contribution >= 0.6 is 0 Å². The van der Waals surface area contributed by atoms with Gasteiger partial charge in [-0.3, -0.25) is 9.59 Å². The molecular weight excluding hydrogens is 647 g/mol. The maximum atomic E-state index is 11.9. The summed E-state index contributed by atoms with van der Waals surface area (Å²) in [6, 6.07) is 9.11. The van der Waals surface area contributed by atoms with Gasteiger partial charge in [0.1, 0.15) is 0 Å². The molecule has 42 heavy (non-hydrogen) atoms. The van der Waals surface area contributed by atoms with Gasteiger partial charge in [0.05, 0.1) is 0 Å². The molecule has 1 N–H and O–H groups in total. The van der Waals surface area contributed by atoms with Crippen molar-refractivity contribution in [3.05, 3.63) is 29.8 Å². The Morgan fingerprint density at radius 1 is 0.762 bits per heavy atom. The molecule has 1 saturated heterocycles. The molecular formula is C32H52O9Sn. The second kappa shape index (κ2) is 18.9. The van der Waals surface area contributed by atoms with Crippen LogP contribution < -0.4 is 3.58 Å². The summed E-state index contributed by atoms with van der Waals surface area (Å²) in [5.74, 6) is -1.96. The Morgan fingerprint density at radius 3 is 1.69 bits per heavy atom. The van der Waals surface area contributed by atoms with Gasteiger partial charge in [0.25, 0.3) is 0 Å². The van der Waals surface area contributed by atoms with Crippen LogP contribution in [0.2, 0.25) is 13.3 Å². The Bertz CT molecular complexity index is 945. The second-order valence-corrected chi connectivity index (χ2v) is 24.6. The van der Waals surface area contributed by atoms with Gasteiger partial charge in [-0.15, -0.1) is 0 Å². The van der Waals surface area contributed by atoms with Gasteiger partial charge in [-0.25, -0.2) is 0 Å². The van der Waals surface area contributed by atoms with Gasteiger partial charge in [0, 0.05) is 13.8 Å². The molecule has 1 aromatic rings. The molecule has 1 aromatic carbocycles. The number of carbonyl (C=O) groups excluding carboxylic acids is 3. The molecule has 10 heteroatoms. The van der Waals surface area contributed by atoms with Crippen molar-refractivity contribution in [1.29, 1.82) is 0 Å². The zero-order chi connectivity index (χ0) is 31.1. The Hall–Kier alpha value is -1.69. The predicted molar refractivity (Wildman–Crippen MR) is 163 cm³/mol. The second-order valence-electron chi connectivity index (χ2n) is 11.4. The molecule has 0 bridgehead atoms. The summed E-state index contributed by atoms with van der Waals surface area (Å²) in [5, 5.41) is 9.95. The number of rotatable bonds is 18. The molecule has 9 nitrogen and oxygen atoms in total. The number of hydrogen-bond donors (Lipinski definition) is 1. The quantitative estimate of drug-likeness (QED) is 0.131. The molecule has 238 valence electrons. The summed E-state index contributed by atoms with van der Waals surface area (Å²) in [6.45, 7) is 10.2. The summed E-state index contributed by atoms with van der Waals surface area (Å²) < 4.78 is 33.9. The summed E-state index contributed by atoms with van der Waals surface area (Å²) >= 11 is -2.51. The van der Waals surface area contributed by atoms with E-state index in [9.17, 15) is 19.5 Å². The zero-order valence-electron chi connectivity index (χ0n) is 26.4. The number of benzene rings is 1. The molecule has 0 saturated carbocycles. The summed E-state index contributed by atoms with van der Waals surface area (Å²) in [7, 11) is 0. The monoisotopic (exact) mass is 700 g/mol. The van der Waals surface area contributed by atoms with Crippen LogP contribution in [0.1, 0.15) is 85.6 Å². The van der Waals surface area contributed by atoms with E-state index in [0.717, 1.165) is 5.56 Å². The van der Waals surface area contributed by atoms with Gasteiger partial charge in [-0.2, -0.15) is 0 Å². The first kappa shape index (κ1) is 36.5. The van der Waals surface area contributed by atoms with Gasteiger partial charge >= 0.3 is 233 Å². The van der Waals surface area contributed by atoms with Gasteiger partial charge < -0.3 is 0 Å². The molecule has 1 heterocycles. The fourth-order valence-corrected chi connectivity index (χ4v) is 21.7. The minimum absolute atomic E-state index is 0.237. The molecule has 1 fully saturated rings. The third kappa shape index (κ3) is 11.1. The fraction of sp³-hybridized carbons (Fsp3) is 0.719. The van der Waals surface area contributed by atoms with Gasteiger partial charge in [0.15, 0.2) is 0 Å². The topological polar surface area (TPSA) is 118 Å². The fourth-order valence-electron chi connectivity index (χ4n) is 5.81. The number of carbonyl (C=O) groups is 3. The van der Waals surface area contributed by atoms with Crippen molar-refractivity contribution >= 4 is 39.9 Å².